The molecular weight excluding hydrogens is 536 g/mol. The second-order valence-electron chi connectivity index (χ2n) is 11.2. The third-order valence-electron chi connectivity index (χ3n) is 7.18. The fraction of sp³-hybridized carbons (Fsp3) is 0.273. The van der Waals surface area contributed by atoms with Gasteiger partial charge in [-0.25, -0.2) is 4.39 Å². The van der Waals surface area contributed by atoms with Gasteiger partial charge in [-0.15, -0.1) is 11.3 Å². The number of hydrogen-bond acceptors (Lipinski definition) is 4. The minimum Gasteiger partial charge on any atom is -0.416 e. The highest BCUT2D eigenvalue weighted by molar-refractivity contribution is 7.17. The zero-order valence-electron chi connectivity index (χ0n) is 23.9. The Labute approximate surface area is 241 Å². The fourth-order valence-corrected chi connectivity index (χ4v) is 6.30. The molecule has 4 nitrogen and oxygen atoms in total. The summed E-state index contributed by atoms with van der Waals surface area (Å²) >= 11 is 1.60. The topological polar surface area (TPSA) is 51.2 Å². The van der Waals surface area contributed by atoms with Crippen LogP contribution in [0.5, 0.6) is 0 Å². The lowest BCUT2D eigenvalue weighted by molar-refractivity contribution is -0.114. The Hall–Kier alpha value is -3.57. The summed E-state index contributed by atoms with van der Waals surface area (Å²) in [7, 11) is -1.84. The standard InChI is InChI=1S/C33H35FN2O2SSi/c1-23(37)36-28-16-12-24(13-17-28)30-29(9-7-8-22-38-40(5,6)33(2,3)4)39-32(26-10-14-27(34)15-11-26)31(30)25-18-20-35-21-19-25/h10-21H,8,22H2,1-6H3,(H,36,37). The highest BCUT2D eigenvalue weighted by atomic mass is 32.1. The Balaban J connectivity index is 1.81. The van der Waals surface area contributed by atoms with Gasteiger partial charge in [0.2, 0.25) is 5.91 Å². The molecule has 206 valence electrons. The number of rotatable bonds is 7. The largest absolute Gasteiger partial charge is 0.416 e. The van der Waals surface area contributed by atoms with Gasteiger partial charge in [0.25, 0.3) is 0 Å². The molecule has 2 aromatic heterocycles. The van der Waals surface area contributed by atoms with E-state index in [0.717, 1.165) is 43.3 Å². The molecule has 0 aliphatic rings. The van der Waals surface area contributed by atoms with Gasteiger partial charge >= 0.3 is 0 Å². The number of halogens is 1. The molecule has 2 aromatic carbocycles. The number of nitrogens with one attached hydrogen (secondary N) is 1. The highest BCUT2D eigenvalue weighted by Gasteiger charge is 2.36. The summed E-state index contributed by atoms with van der Waals surface area (Å²) in [5.74, 6) is 6.40. The van der Waals surface area contributed by atoms with Crippen molar-refractivity contribution < 1.29 is 13.6 Å². The van der Waals surface area contributed by atoms with Crippen molar-refractivity contribution in [1.82, 2.24) is 4.98 Å². The van der Waals surface area contributed by atoms with Crippen LogP contribution in [0.1, 0.15) is 39.0 Å². The molecule has 2 heterocycles. The van der Waals surface area contributed by atoms with Crippen molar-refractivity contribution in [2.24, 2.45) is 0 Å². The number of hydrogen-bond donors (Lipinski definition) is 1. The van der Waals surface area contributed by atoms with Crippen LogP contribution in [0, 0.1) is 17.7 Å². The number of pyridine rings is 1. The molecule has 4 rings (SSSR count). The van der Waals surface area contributed by atoms with Gasteiger partial charge in [-0.3, -0.25) is 9.78 Å². The maximum absolute atomic E-state index is 13.8. The Morgan fingerprint density at radius 3 is 2.15 bits per heavy atom. The van der Waals surface area contributed by atoms with E-state index < -0.39 is 8.32 Å². The van der Waals surface area contributed by atoms with E-state index in [2.05, 4.69) is 56.0 Å². The number of carbonyl (C=O) groups excluding carboxylic acids is 1. The molecule has 1 amide bonds. The van der Waals surface area contributed by atoms with Crippen LogP contribution in [0.3, 0.4) is 0 Å². The van der Waals surface area contributed by atoms with Crippen LogP contribution in [0.4, 0.5) is 10.1 Å². The van der Waals surface area contributed by atoms with Gasteiger partial charge in [0.1, 0.15) is 5.82 Å². The Morgan fingerprint density at radius 2 is 1.55 bits per heavy atom. The van der Waals surface area contributed by atoms with Gasteiger partial charge in [-0.05, 0) is 71.2 Å². The molecule has 0 saturated heterocycles. The number of thiophene rings is 1. The van der Waals surface area contributed by atoms with Crippen molar-refractivity contribution >= 4 is 31.2 Å². The van der Waals surface area contributed by atoms with Gasteiger partial charge in [0.15, 0.2) is 8.32 Å². The zero-order valence-corrected chi connectivity index (χ0v) is 25.7. The lowest BCUT2D eigenvalue weighted by Crippen LogP contribution is -2.40. The molecule has 0 bridgehead atoms. The molecule has 0 unspecified atom stereocenters. The van der Waals surface area contributed by atoms with Gasteiger partial charge in [-0.1, -0.05) is 56.9 Å². The second kappa shape index (κ2) is 12.3. The maximum Gasteiger partial charge on any atom is 0.221 e. The summed E-state index contributed by atoms with van der Waals surface area (Å²) in [6.45, 7) is 13.3. The molecule has 0 fully saturated rings. The Morgan fingerprint density at radius 1 is 0.950 bits per heavy atom. The molecule has 0 radical (unpaired) electrons. The second-order valence-corrected chi connectivity index (χ2v) is 17.0. The number of aromatic nitrogens is 1. The summed E-state index contributed by atoms with van der Waals surface area (Å²) < 4.78 is 20.2. The van der Waals surface area contributed by atoms with E-state index in [4.69, 9.17) is 4.43 Å². The first-order chi connectivity index (χ1) is 19.0. The van der Waals surface area contributed by atoms with E-state index >= 15 is 0 Å². The number of nitrogens with zero attached hydrogens (tertiary/aromatic N) is 1. The first-order valence-corrected chi connectivity index (χ1v) is 17.0. The van der Waals surface area contributed by atoms with Crippen molar-refractivity contribution in [2.75, 3.05) is 11.9 Å². The van der Waals surface area contributed by atoms with Crippen LogP contribution in [-0.4, -0.2) is 25.8 Å². The molecule has 0 saturated carbocycles. The van der Waals surface area contributed by atoms with E-state index in [9.17, 15) is 9.18 Å². The molecule has 40 heavy (non-hydrogen) atoms. The average molecular weight is 571 g/mol. The smallest absolute Gasteiger partial charge is 0.221 e. The molecule has 7 heteroatoms. The normalized spacial score (nSPS) is 11.6. The quantitative estimate of drug-likeness (QED) is 0.137. The number of benzene rings is 2. The van der Waals surface area contributed by atoms with Crippen molar-refractivity contribution in [1.29, 1.82) is 0 Å². The zero-order chi connectivity index (χ0) is 28.9. The lowest BCUT2D eigenvalue weighted by atomic mass is 9.93. The minimum absolute atomic E-state index is 0.120. The van der Waals surface area contributed by atoms with Crippen molar-refractivity contribution in [3.8, 4) is 44.5 Å². The SMILES string of the molecule is CC(=O)Nc1ccc(-c2c(C#CCCO[Si](C)(C)C(C)(C)C)sc(-c3ccc(F)cc3)c2-c2ccncc2)cc1. The van der Waals surface area contributed by atoms with Gasteiger partial charge in [-0.2, -0.15) is 0 Å². The predicted octanol–water partition coefficient (Wildman–Crippen LogP) is 9.01. The Kier molecular flexibility index (Phi) is 9.04. The van der Waals surface area contributed by atoms with Crippen molar-refractivity contribution in [3.63, 3.8) is 0 Å². The Bertz CT molecular complexity index is 1530. The van der Waals surface area contributed by atoms with Gasteiger partial charge in [0, 0.05) is 54.0 Å². The summed E-state index contributed by atoms with van der Waals surface area (Å²) in [5.41, 5.74) is 5.65. The molecule has 0 aliphatic carbocycles. The number of amides is 1. The van der Waals surface area contributed by atoms with Crippen LogP contribution in [-0.2, 0) is 9.22 Å². The first kappa shape index (κ1) is 29.4. The van der Waals surface area contributed by atoms with E-state index in [1.165, 1.54) is 19.1 Å². The van der Waals surface area contributed by atoms with E-state index in [1.54, 1.807) is 35.9 Å². The third-order valence-corrected chi connectivity index (χ3v) is 12.9. The van der Waals surface area contributed by atoms with E-state index in [1.807, 2.05) is 36.4 Å². The molecule has 0 aliphatic heterocycles. The average Bonchev–Trinajstić information content (AvgIpc) is 3.28. The summed E-state index contributed by atoms with van der Waals surface area (Å²) in [6, 6.07) is 18.3. The van der Waals surface area contributed by atoms with Crippen LogP contribution >= 0.6 is 11.3 Å². The molecule has 1 N–H and O–H groups in total. The number of anilines is 1. The first-order valence-electron chi connectivity index (χ1n) is 13.3. The van der Waals surface area contributed by atoms with Crippen molar-refractivity contribution in [3.05, 3.63) is 83.8 Å². The van der Waals surface area contributed by atoms with Crippen molar-refractivity contribution in [2.45, 2.75) is 52.2 Å². The molecule has 4 aromatic rings. The predicted molar refractivity (Wildman–Crippen MR) is 167 cm³/mol. The van der Waals surface area contributed by atoms with Crippen LogP contribution in [0.25, 0.3) is 32.7 Å². The fourth-order valence-electron chi connectivity index (χ4n) is 4.03. The molecular formula is C33H35FN2O2SSi. The van der Waals surface area contributed by atoms with Crippen LogP contribution < -0.4 is 5.32 Å². The maximum atomic E-state index is 13.8. The number of carbonyl (C=O) groups is 1. The third kappa shape index (κ3) is 6.94. The van der Waals surface area contributed by atoms with Crippen LogP contribution in [0.15, 0.2) is 73.1 Å². The summed E-state index contributed by atoms with van der Waals surface area (Å²) in [6.07, 6.45) is 4.17. The van der Waals surface area contributed by atoms with E-state index in [0.29, 0.717) is 13.0 Å². The monoisotopic (exact) mass is 570 g/mol. The van der Waals surface area contributed by atoms with Gasteiger partial charge < -0.3 is 9.74 Å². The van der Waals surface area contributed by atoms with Crippen LogP contribution in [0.2, 0.25) is 18.1 Å². The molecule has 0 atom stereocenters. The molecule has 0 spiro atoms. The summed E-state index contributed by atoms with van der Waals surface area (Å²) in [5, 5.41) is 2.98. The lowest BCUT2D eigenvalue weighted by Gasteiger charge is -2.35. The minimum atomic E-state index is -1.84. The van der Waals surface area contributed by atoms with E-state index in [-0.39, 0.29) is 16.8 Å². The summed E-state index contributed by atoms with van der Waals surface area (Å²) in [4.78, 5) is 17.7. The highest BCUT2D eigenvalue weighted by Crippen LogP contribution is 2.48. The van der Waals surface area contributed by atoms with Gasteiger partial charge in [0.05, 0.1) is 4.88 Å².